The number of ether oxygens (including phenoxy) is 1. The molecule has 1 aromatic carbocycles. The molecular formula is C13H17N3O. The highest BCUT2D eigenvalue weighted by atomic mass is 16.5. The number of nitrogen functional groups attached to an aromatic ring is 1. The Morgan fingerprint density at radius 2 is 2.24 bits per heavy atom. The van der Waals surface area contributed by atoms with Crippen LogP contribution in [0.4, 0.5) is 11.4 Å². The zero-order valence-corrected chi connectivity index (χ0v) is 10.2. The van der Waals surface area contributed by atoms with Crippen LogP contribution in [-0.2, 0) is 4.74 Å². The summed E-state index contributed by atoms with van der Waals surface area (Å²) in [5.41, 5.74) is 8.08. The minimum absolute atomic E-state index is 0.173. The second kappa shape index (κ2) is 4.27. The fraction of sp³-hybridized carbons (Fsp3) is 0.462. The van der Waals surface area contributed by atoms with E-state index < -0.39 is 0 Å². The number of morpholine rings is 1. The fourth-order valence-electron chi connectivity index (χ4n) is 2.11. The Balaban J connectivity index is 2.30. The van der Waals surface area contributed by atoms with Crippen molar-refractivity contribution in [3.8, 4) is 6.07 Å². The monoisotopic (exact) mass is 231 g/mol. The summed E-state index contributed by atoms with van der Waals surface area (Å²) in [4.78, 5) is 2.18. The van der Waals surface area contributed by atoms with Crippen molar-refractivity contribution in [3.05, 3.63) is 23.8 Å². The lowest BCUT2D eigenvalue weighted by Gasteiger charge is -2.39. The van der Waals surface area contributed by atoms with E-state index in [1.165, 1.54) is 0 Å². The maximum absolute atomic E-state index is 8.92. The molecule has 4 heteroatoms. The third-order valence-electron chi connectivity index (χ3n) is 2.93. The molecule has 1 aliphatic rings. The molecular weight excluding hydrogens is 214 g/mol. The van der Waals surface area contributed by atoms with Crippen molar-refractivity contribution in [2.45, 2.75) is 19.4 Å². The van der Waals surface area contributed by atoms with Gasteiger partial charge in [-0.15, -0.1) is 0 Å². The SMILES string of the molecule is CC1(C)CN(c2cc(C#N)ccc2N)CCO1. The van der Waals surface area contributed by atoms with E-state index in [0.717, 1.165) is 18.8 Å². The third kappa shape index (κ3) is 2.51. The molecule has 1 aromatic rings. The largest absolute Gasteiger partial charge is 0.397 e. The van der Waals surface area contributed by atoms with E-state index in [-0.39, 0.29) is 5.60 Å². The van der Waals surface area contributed by atoms with Gasteiger partial charge in [0.2, 0.25) is 0 Å². The van der Waals surface area contributed by atoms with Gasteiger partial charge < -0.3 is 15.4 Å². The van der Waals surface area contributed by atoms with Crippen LogP contribution >= 0.6 is 0 Å². The predicted molar refractivity (Wildman–Crippen MR) is 67.8 cm³/mol. The Morgan fingerprint density at radius 1 is 1.47 bits per heavy atom. The van der Waals surface area contributed by atoms with E-state index in [9.17, 15) is 0 Å². The highest BCUT2D eigenvalue weighted by Crippen LogP contribution is 2.28. The standard InChI is InChI=1S/C13H17N3O/c1-13(2)9-16(5-6-17-13)12-7-10(8-14)3-4-11(12)15/h3-4,7H,5-6,9,15H2,1-2H3. The number of anilines is 2. The first-order valence-electron chi connectivity index (χ1n) is 5.70. The van der Waals surface area contributed by atoms with Crippen LogP contribution in [0.15, 0.2) is 18.2 Å². The van der Waals surface area contributed by atoms with Gasteiger partial charge in [-0.3, -0.25) is 0 Å². The quantitative estimate of drug-likeness (QED) is 0.748. The summed E-state index contributed by atoms with van der Waals surface area (Å²) in [5, 5.41) is 8.92. The first-order valence-corrected chi connectivity index (χ1v) is 5.70. The van der Waals surface area contributed by atoms with Gasteiger partial charge in [0.05, 0.1) is 35.2 Å². The number of nitrogens with zero attached hydrogens (tertiary/aromatic N) is 2. The van der Waals surface area contributed by atoms with Gasteiger partial charge in [0.15, 0.2) is 0 Å². The molecule has 0 saturated carbocycles. The van der Waals surface area contributed by atoms with Crippen molar-refractivity contribution < 1.29 is 4.74 Å². The van der Waals surface area contributed by atoms with Crippen LogP contribution in [0.1, 0.15) is 19.4 Å². The minimum Gasteiger partial charge on any atom is -0.397 e. The van der Waals surface area contributed by atoms with Crippen LogP contribution in [-0.4, -0.2) is 25.3 Å². The zero-order valence-electron chi connectivity index (χ0n) is 10.2. The Morgan fingerprint density at radius 3 is 2.88 bits per heavy atom. The molecule has 0 atom stereocenters. The number of hydrogen-bond acceptors (Lipinski definition) is 4. The average molecular weight is 231 g/mol. The van der Waals surface area contributed by atoms with E-state index in [0.29, 0.717) is 17.9 Å². The zero-order chi connectivity index (χ0) is 12.5. The number of hydrogen-bond donors (Lipinski definition) is 1. The number of rotatable bonds is 1. The van der Waals surface area contributed by atoms with Crippen molar-refractivity contribution in [2.24, 2.45) is 0 Å². The van der Waals surface area contributed by atoms with Crippen LogP contribution in [0.5, 0.6) is 0 Å². The molecule has 1 saturated heterocycles. The summed E-state index contributed by atoms with van der Waals surface area (Å²) in [7, 11) is 0. The van der Waals surface area contributed by atoms with Crippen LogP contribution in [0.3, 0.4) is 0 Å². The van der Waals surface area contributed by atoms with Gasteiger partial charge in [-0.1, -0.05) is 0 Å². The van der Waals surface area contributed by atoms with Crippen LogP contribution < -0.4 is 10.6 Å². The van der Waals surface area contributed by atoms with Crippen LogP contribution in [0.25, 0.3) is 0 Å². The lowest BCUT2D eigenvalue weighted by molar-refractivity contribution is -0.0276. The molecule has 2 rings (SSSR count). The molecule has 1 aliphatic heterocycles. The fourth-order valence-corrected chi connectivity index (χ4v) is 2.11. The van der Waals surface area contributed by atoms with Crippen molar-refractivity contribution in [2.75, 3.05) is 30.3 Å². The molecule has 0 spiro atoms. The Kier molecular flexibility index (Phi) is 2.95. The van der Waals surface area contributed by atoms with E-state index in [2.05, 4.69) is 24.8 Å². The second-order valence-electron chi connectivity index (χ2n) is 4.92. The highest BCUT2D eigenvalue weighted by molar-refractivity contribution is 5.70. The lowest BCUT2D eigenvalue weighted by Crippen LogP contribution is -2.48. The predicted octanol–water partition coefficient (Wildman–Crippen LogP) is 1.76. The van der Waals surface area contributed by atoms with Crippen LogP contribution in [0.2, 0.25) is 0 Å². The van der Waals surface area contributed by atoms with Gasteiger partial charge in [-0.05, 0) is 32.0 Å². The summed E-state index contributed by atoms with van der Waals surface area (Å²) in [6.07, 6.45) is 0. The molecule has 17 heavy (non-hydrogen) atoms. The number of nitrogens with two attached hydrogens (primary N) is 1. The first-order chi connectivity index (χ1) is 8.02. The Hall–Kier alpha value is -1.73. The molecule has 1 heterocycles. The van der Waals surface area contributed by atoms with Gasteiger partial charge in [0, 0.05) is 13.1 Å². The van der Waals surface area contributed by atoms with Gasteiger partial charge >= 0.3 is 0 Å². The van der Waals surface area contributed by atoms with E-state index in [4.69, 9.17) is 15.7 Å². The molecule has 0 bridgehead atoms. The maximum atomic E-state index is 8.92. The molecule has 90 valence electrons. The van der Waals surface area contributed by atoms with Crippen molar-refractivity contribution in [1.82, 2.24) is 0 Å². The van der Waals surface area contributed by atoms with E-state index in [1.54, 1.807) is 12.1 Å². The maximum Gasteiger partial charge on any atom is 0.0992 e. The summed E-state index contributed by atoms with van der Waals surface area (Å²) < 4.78 is 5.67. The third-order valence-corrected chi connectivity index (χ3v) is 2.93. The first kappa shape index (κ1) is 11.7. The van der Waals surface area contributed by atoms with E-state index in [1.807, 2.05) is 6.07 Å². The molecule has 0 amide bonds. The Bertz CT molecular complexity index is 462. The van der Waals surface area contributed by atoms with Crippen molar-refractivity contribution >= 4 is 11.4 Å². The number of benzene rings is 1. The molecule has 0 unspecified atom stereocenters. The molecule has 0 aliphatic carbocycles. The van der Waals surface area contributed by atoms with Gasteiger partial charge in [0.1, 0.15) is 0 Å². The normalized spacial score (nSPS) is 18.8. The topological polar surface area (TPSA) is 62.3 Å². The van der Waals surface area contributed by atoms with Crippen LogP contribution in [0, 0.1) is 11.3 Å². The molecule has 0 radical (unpaired) electrons. The summed E-state index contributed by atoms with van der Waals surface area (Å²) >= 11 is 0. The highest BCUT2D eigenvalue weighted by Gasteiger charge is 2.28. The van der Waals surface area contributed by atoms with Crippen molar-refractivity contribution in [1.29, 1.82) is 5.26 Å². The lowest BCUT2D eigenvalue weighted by atomic mass is 10.1. The molecule has 1 fully saturated rings. The summed E-state index contributed by atoms with van der Waals surface area (Å²) in [5.74, 6) is 0. The van der Waals surface area contributed by atoms with Gasteiger partial charge in [0.25, 0.3) is 0 Å². The molecule has 0 aromatic heterocycles. The van der Waals surface area contributed by atoms with E-state index >= 15 is 0 Å². The summed E-state index contributed by atoms with van der Waals surface area (Å²) in [6, 6.07) is 7.51. The Labute approximate surface area is 102 Å². The smallest absolute Gasteiger partial charge is 0.0992 e. The van der Waals surface area contributed by atoms with Gasteiger partial charge in [-0.25, -0.2) is 0 Å². The second-order valence-corrected chi connectivity index (χ2v) is 4.92. The molecule has 4 nitrogen and oxygen atoms in total. The minimum atomic E-state index is -0.173. The number of nitriles is 1. The molecule has 2 N–H and O–H groups in total. The van der Waals surface area contributed by atoms with Gasteiger partial charge in [-0.2, -0.15) is 5.26 Å². The summed E-state index contributed by atoms with van der Waals surface area (Å²) in [6.45, 7) is 6.39. The van der Waals surface area contributed by atoms with Crippen molar-refractivity contribution in [3.63, 3.8) is 0 Å². The average Bonchev–Trinajstić information content (AvgIpc) is 2.28.